The van der Waals surface area contributed by atoms with Gasteiger partial charge in [0, 0.05) is 26.2 Å². The predicted molar refractivity (Wildman–Crippen MR) is 106 cm³/mol. The Balaban J connectivity index is 0.000000960. The Morgan fingerprint density at radius 3 is 2.17 bits per heavy atom. The molecule has 0 saturated heterocycles. The van der Waals surface area contributed by atoms with Crippen LogP contribution >= 0.6 is 24.8 Å². The maximum atomic E-state index is 2.43. The maximum absolute atomic E-state index is 2.43. The van der Waals surface area contributed by atoms with Gasteiger partial charge in [-0.1, -0.05) is 52.9 Å². The van der Waals surface area contributed by atoms with Crippen LogP contribution in [0.2, 0.25) is 0 Å². The molecule has 0 amide bonds. The predicted octanol–water partition coefficient (Wildman–Crippen LogP) is 6.48. The molecule has 0 nitrogen and oxygen atoms in total. The molecule has 0 N–H and O–H groups in total. The van der Waals surface area contributed by atoms with Gasteiger partial charge in [0.2, 0.25) is 0 Å². The van der Waals surface area contributed by atoms with Crippen LogP contribution in [-0.2, 0) is 39.0 Å². The first-order valence-corrected chi connectivity index (χ1v) is 7.92. The summed E-state index contributed by atoms with van der Waals surface area (Å²) < 4.78 is 0. The van der Waals surface area contributed by atoms with Gasteiger partial charge in [0.1, 0.15) is 0 Å². The number of halogens is 2. The van der Waals surface area contributed by atoms with Gasteiger partial charge >= 0.3 is 0 Å². The molecule has 4 rings (SSSR count). The number of hydrogen-bond acceptors (Lipinski definition) is 0. The second-order valence-electron chi connectivity index (χ2n) is 6.65. The summed E-state index contributed by atoms with van der Waals surface area (Å²) in [4.78, 5) is 0. The molecule has 0 aliphatic heterocycles. The Labute approximate surface area is 176 Å². The number of fused-ring (bicyclic) bond motifs is 2. The summed E-state index contributed by atoms with van der Waals surface area (Å²) in [5.74, 6) is 0. The van der Waals surface area contributed by atoms with E-state index in [1.165, 1.54) is 57.9 Å². The van der Waals surface area contributed by atoms with Crippen molar-refractivity contribution < 1.29 is 26.2 Å². The molecule has 0 fully saturated rings. The van der Waals surface area contributed by atoms with Gasteiger partial charge in [-0.2, -0.15) is 6.07 Å². The first-order valence-electron chi connectivity index (χ1n) is 7.92. The zero-order valence-corrected chi connectivity index (χ0v) is 18.5. The first kappa shape index (κ1) is 21.6. The van der Waals surface area contributed by atoms with Crippen LogP contribution in [0.1, 0.15) is 34.2 Å². The largest absolute Gasteiger partial charge is 0.165 e. The number of rotatable bonds is 1. The summed E-state index contributed by atoms with van der Waals surface area (Å²) in [5.41, 5.74) is 10.2. The minimum Gasteiger partial charge on any atom is -0.165 e. The zero-order valence-electron chi connectivity index (χ0n) is 14.4. The third-order valence-electron chi connectivity index (χ3n) is 4.74. The Bertz CT molecular complexity index is 842. The molecule has 0 unspecified atom stereocenters. The van der Waals surface area contributed by atoms with Crippen molar-refractivity contribution in [1.29, 1.82) is 0 Å². The van der Waals surface area contributed by atoms with Crippen LogP contribution in [0, 0.1) is 20.8 Å². The van der Waals surface area contributed by atoms with Crippen LogP contribution in [0.3, 0.4) is 0 Å². The molecule has 0 spiro atoms. The van der Waals surface area contributed by atoms with E-state index in [1.54, 1.807) is 11.1 Å². The second kappa shape index (κ2) is 8.26. The third kappa shape index (κ3) is 3.69. The quantitative estimate of drug-likeness (QED) is 0.382. The van der Waals surface area contributed by atoms with E-state index < -0.39 is 0 Å². The molecule has 1 aliphatic rings. The fraction of sp³-hybridized carbons (Fsp3) is 0.286. The van der Waals surface area contributed by atoms with Crippen molar-refractivity contribution in [2.75, 3.05) is 0 Å². The summed E-state index contributed by atoms with van der Waals surface area (Å²) in [7, 11) is 0. The van der Waals surface area contributed by atoms with Gasteiger partial charge < -0.3 is 0 Å². The fourth-order valence-corrected chi connectivity index (χ4v) is 4.02. The van der Waals surface area contributed by atoms with E-state index in [1.807, 2.05) is 0 Å². The molecule has 0 atom stereocenters. The number of aryl methyl sites for hydroxylation is 4. The van der Waals surface area contributed by atoms with Crippen LogP contribution in [0.5, 0.6) is 0 Å². The molecule has 1 aliphatic carbocycles. The van der Waals surface area contributed by atoms with E-state index >= 15 is 0 Å². The topological polar surface area (TPSA) is 0 Å². The van der Waals surface area contributed by atoms with Gasteiger partial charge in [-0.3, -0.25) is 0 Å². The molecule has 0 radical (unpaired) electrons. The van der Waals surface area contributed by atoms with Crippen molar-refractivity contribution in [2.45, 2.75) is 40.0 Å². The van der Waals surface area contributed by atoms with E-state index in [2.05, 4.69) is 57.2 Å². The van der Waals surface area contributed by atoms with Crippen molar-refractivity contribution >= 4 is 35.6 Å². The van der Waals surface area contributed by atoms with Crippen molar-refractivity contribution in [1.82, 2.24) is 0 Å². The van der Waals surface area contributed by atoms with Crippen LogP contribution in [0.15, 0.2) is 36.4 Å². The van der Waals surface area contributed by atoms with Crippen LogP contribution in [0.25, 0.3) is 21.9 Å². The van der Waals surface area contributed by atoms with E-state index in [0.29, 0.717) is 0 Å². The second-order valence-corrected chi connectivity index (χ2v) is 6.65. The first-order chi connectivity index (χ1) is 10.1. The number of hydrogen-bond donors (Lipinski definition) is 0. The maximum Gasteiger partial charge on any atom is 0 e. The normalized spacial score (nSPS) is 12.1. The molecule has 3 aromatic rings. The van der Waals surface area contributed by atoms with Gasteiger partial charge in [-0.25, -0.2) is 0 Å². The van der Waals surface area contributed by atoms with Crippen molar-refractivity contribution in [2.24, 2.45) is 0 Å². The van der Waals surface area contributed by atoms with Gasteiger partial charge in [-0.05, 0) is 38.7 Å². The molecule has 126 valence electrons. The van der Waals surface area contributed by atoms with Crippen molar-refractivity contribution in [3.63, 3.8) is 0 Å². The SMILES string of the molecule is Cc1cc(C)cc(-c2c3c(cc4[cH-]c(C)cc24)CCC3)c1.Cl.Cl.[Zr]. The molecule has 0 saturated carbocycles. The van der Waals surface area contributed by atoms with E-state index in [-0.39, 0.29) is 51.0 Å². The third-order valence-corrected chi connectivity index (χ3v) is 4.74. The average Bonchev–Trinajstić information content (AvgIpc) is 2.98. The van der Waals surface area contributed by atoms with Gasteiger partial charge in [0.25, 0.3) is 0 Å². The molecular formula is C21H23Cl2Zr-. The summed E-state index contributed by atoms with van der Waals surface area (Å²) in [6.45, 7) is 6.61. The number of benzene rings is 2. The molecule has 0 bridgehead atoms. The smallest absolute Gasteiger partial charge is 0 e. The molecule has 0 aromatic heterocycles. The van der Waals surface area contributed by atoms with Crippen molar-refractivity contribution in [3.8, 4) is 11.1 Å². The average molecular weight is 438 g/mol. The fourth-order valence-electron chi connectivity index (χ4n) is 4.02. The van der Waals surface area contributed by atoms with E-state index in [0.717, 1.165) is 0 Å². The molecule has 0 heterocycles. The monoisotopic (exact) mass is 435 g/mol. The molecule has 3 aromatic carbocycles. The summed E-state index contributed by atoms with van der Waals surface area (Å²) >= 11 is 0. The summed E-state index contributed by atoms with van der Waals surface area (Å²) in [5, 5.41) is 2.86. The minimum absolute atomic E-state index is 0. The summed E-state index contributed by atoms with van der Waals surface area (Å²) in [6, 6.07) is 14.1. The zero-order chi connectivity index (χ0) is 14.6. The van der Waals surface area contributed by atoms with Crippen LogP contribution < -0.4 is 0 Å². The molecular weight excluding hydrogens is 414 g/mol. The molecule has 3 heteroatoms. The molecule has 24 heavy (non-hydrogen) atoms. The standard InChI is InChI=1S/C21H21.2ClH.Zr/c1-13-7-14(2)10-18(9-13)21-19-6-4-5-16(19)12-17-8-15(3)11-20(17)21;;;/h7-12H,4-6H2,1-3H3;2*1H;/q-1;;;. The van der Waals surface area contributed by atoms with Gasteiger partial charge in [0.15, 0.2) is 0 Å². The van der Waals surface area contributed by atoms with Crippen molar-refractivity contribution in [3.05, 3.63) is 64.2 Å². The van der Waals surface area contributed by atoms with Gasteiger partial charge in [0.05, 0.1) is 0 Å². The Morgan fingerprint density at radius 1 is 0.833 bits per heavy atom. The van der Waals surface area contributed by atoms with Gasteiger partial charge in [-0.15, -0.1) is 53.3 Å². The summed E-state index contributed by atoms with van der Waals surface area (Å²) in [6.07, 6.45) is 3.78. The van der Waals surface area contributed by atoms with E-state index in [9.17, 15) is 0 Å². The Morgan fingerprint density at radius 2 is 1.50 bits per heavy atom. The minimum atomic E-state index is 0. The van der Waals surface area contributed by atoms with Crippen LogP contribution in [0.4, 0.5) is 0 Å². The Kier molecular flexibility index (Phi) is 7.42. The van der Waals surface area contributed by atoms with E-state index in [4.69, 9.17) is 0 Å². The van der Waals surface area contributed by atoms with Crippen LogP contribution in [-0.4, -0.2) is 0 Å². The Hall–Kier alpha value is -0.487.